The highest BCUT2D eigenvalue weighted by atomic mass is 15.4. The van der Waals surface area contributed by atoms with E-state index in [4.69, 9.17) is 5.73 Å². The fourth-order valence-corrected chi connectivity index (χ4v) is 2.29. The lowest BCUT2D eigenvalue weighted by Crippen LogP contribution is -2.21. The highest BCUT2D eigenvalue weighted by Crippen LogP contribution is 2.26. The van der Waals surface area contributed by atoms with Gasteiger partial charge in [0.15, 0.2) is 5.82 Å². The van der Waals surface area contributed by atoms with Crippen LogP contribution in [0.1, 0.15) is 24.6 Å². The van der Waals surface area contributed by atoms with Crippen LogP contribution in [0.3, 0.4) is 0 Å². The number of rotatable bonds is 5. The first-order valence-electron chi connectivity index (χ1n) is 6.71. The number of aryl methyl sites for hydroxylation is 2. The Balaban J connectivity index is 2.25. The van der Waals surface area contributed by atoms with Crippen molar-refractivity contribution in [2.45, 2.75) is 33.4 Å². The van der Waals surface area contributed by atoms with Crippen molar-refractivity contribution in [3.05, 3.63) is 41.6 Å². The van der Waals surface area contributed by atoms with Gasteiger partial charge in [0.2, 0.25) is 0 Å². The van der Waals surface area contributed by atoms with Crippen molar-refractivity contribution >= 4 is 11.5 Å². The summed E-state index contributed by atoms with van der Waals surface area (Å²) in [4.78, 5) is 2.17. The molecule has 0 saturated heterocycles. The molecule has 0 aliphatic carbocycles. The molecule has 4 nitrogen and oxygen atoms in total. The largest absolute Gasteiger partial charge is 0.394 e. The van der Waals surface area contributed by atoms with Crippen LogP contribution in [-0.2, 0) is 13.1 Å². The second-order valence-electron chi connectivity index (χ2n) is 4.89. The quantitative estimate of drug-likeness (QED) is 0.897. The van der Waals surface area contributed by atoms with Gasteiger partial charge in [-0.2, -0.15) is 5.10 Å². The summed E-state index contributed by atoms with van der Waals surface area (Å²) in [5.41, 5.74) is 9.12. The smallest absolute Gasteiger partial charge is 0.150 e. The molecule has 0 amide bonds. The fraction of sp³-hybridized carbons (Fsp3) is 0.400. The van der Waals surface area contributed by atoms with E-state index in [1.807, 2.05) is 17.7 Å². The maximum atomic E-state index is 6.16. The van der Waals surface area contributed by atoms with Crippen molar-refractivity contribution in [2.75, 3.05) is 17.7 Å². The van der Waals surface area contributed by atoms with Gasteiger partial charge in [0.25, 0.3) is 0 Å². The van der Waals surface area contributed by atoms with Gasteiger partial charge in [-0.15, -0.1) is 0 Å². The number of hydrogen-bond acceptors (Lipinski definition) is 3. The first-order chi connectivity index (χ1) is 9.13. The summed E-state index contributed by atoms with van der Waals surface area (Å²) in [6.07, 6.45) is 1.05. The van der Waals surface area contributed by atoms with Gasteiger partial charge in [-0.25, -0.2) is 4.68 Å². The van der Waals surface area contributed by atoms with Crippen molar-refractivity contribution in [3.8, 4) is 0 Å². The molecule has 102 valence electrons. The van der Waals surface area contributed by atoms with Crippen LogP contribution in [0.15, 0.2) is 30.3 Å². The molecule has 0 aliphatic heterocycles. The van der Waals surface area contributed by atoms with Crippen molar-refractivity contribution in [1.29, 1.82) is 0 Å². The van der Waals surface area contributed by atoms with Gasteiger partial charge in [-0.05, 0) is 18.9 Å². The predicted octanol–water partition coefficient (Wildman–Crippen LogP) is 2.82. The molecule has 0 radical (unpaired) electrons. The van der Waals surface area contributed by atoms with Crippen LogP contribution in [0.4, 0.5) is 11.5 Å². The van der Waals surface area contributed by atoms with Crippen LogP contribution < -0.4 is 10.6 Å². The van der Waals surface area contributed by atoms with Crippen LogP contribution in [-0.4, -0.2) is 16.8 Å². The Morgan fingerprint density at radius 3 is 2.58 bits per heavy atom. The van der Waals surface area contributed by atoms with E-state index < -0.39 is 0 Å². The average molecular weight is 258 g/mol. The minimum absolute atomic E-state index is 0.784. The highest BCUT2D eigenvalue weighted by Gasteiger charge is 2.16. The van der Waals surface area contributed by atoms with E-state index in [-0.39, 0.29) is 0 Å². The molecule has 2 N–H and O–H groups in total. The number of benzene rings is 1. The van der Waals surface area contributed by atoms with Crippen molar-refractivity contribution in [2.24, 2.45) is 0 Å². The molecule has 0 saturated carbocycles. The Bertz CT molecular complexity index is 531. The third-order valence-electron chi connectivity index (χ3n) is 3.21. The van der Waals surface area contributed by atoms with Gasteiger partial charge in [0.05, 0.1) is 11.4 Å². The van der Waals surface area contributed by atoms with E-state index in [0.717, 1.165) is 36.7 Å². The number of nitrogen functional groups attached to an aromatic ring is 1. The summed E-state index contributed by atoms with van der Waals surface area (Å²) in [5.74, 6) is 1.02. The van der Waals surface area contributed by atoms with Gasteiger partial charge >= 0.3 is 0 Å². The Hall–Kier alpha value is -1.97. The van der Waals surface area contributed by atoms with Crippen LogP contribution in [0.5, 0.6) is 0 Å². The van der Waals surface area contributed by atoms with E-state index in [2.05, 4.69) is 48.2 Å². The molecular weight excluding hydrogens is 236 g/mol. The zero-order valence-electron chi connectivity index (χ0n) is 11.9. The Morgan fingerprint density at radius 1 is 1.26 bits per heavy atom. The summed E-state index contributed by atoms with van der Waals surface area (Å²) in [6.45, 7) is 5.84. The lowest BCUT2D eigenvalue weighted by Gasteiger charge is -2.21. The van der Waals surface area contributed by atoms with Gasteiger partial charge in [-0.1, -0.05) is 37.3 Å². The molecule has 0 bridgehead atoms. The number of nitrogens with zero attached hydrogens (tertiary/aromatic N) is 3. The SMILES string of the molecule is CCCn1nc(C)c(N)c1N(C)Cc1ccccc1. The van der Waals surface area contributed by atoms with E-state index in [1.165, 1.54) is 5.56 Å². The van der Waals surface area contributed by atoms with E-state index >= 15 is 0 Å². The zero-order chi connectivity index (χ0) is 13.8. The monoisotopic (exact) mass is 258 g/mol. The molecule has 19 heavy (non-hydrogen) atoms. The molecule has 1 aromatic heterocycles. The molecule has 0 unspecified atom stereocenters. The van der Waals surface area contributed by atoms with Gasteiger partial charge in [0.1, 0.15) is 0 Å². The average Bonchev–Trinajstić information content (AvgIpc) is 2.66. The third kappa shape index (κ3) is 2.89. The number of nitrogens with two attached hydrogens (primary N) is 1. The number of anilines is 2. The van der Waals surface area contributed by atoms with Crippen LogP contribution >= 0.6 is 0 Å². The molecule has 4 heteroatoms. The lowest BCUT2D eigenvalue weighted by molar-refractivity contribution is 0.591. The van der Waals surface area contributed by atoms with Crippen LogP contribution in [0.25, 0.3) is 0 Å². The number of aromatic nitrogens is 2. The molecule has 0 spiro atoms. The Morgan fingerprint density at radius 2 is 1.95 bits per heavy atom. The number of hydrogen-bond donors (Lipinski definition) is 1. The first-order valence-corrected chi connectivity index (χ1v) is 6.71. The molecule has 2 aromatic rings. The van der Waals surface area contributed by atoms with Crippen LogP contribution in [0, 0.1) is 6.92 Å². The predicted molar refractivity (Wildman–Crippen MR) is 80.2 cm³/mol. The Kier molecular flexibility index (Phi) is 4.10. The fourth-order valence-electron chi connectivity index (χ4n) is 2.29. The first kappa shape index (κ1) is 13.5. The van der Waals surface area contributed by atoms with E-state index in [1.54, 1.807) is 0 Å². The van der Waals surface area contributed by atoms with E-state index in [0.29, 0.717) is 0 Å². The molecule has 1 aromatic carbocycles. The van der Waals surface area contributed by atoms with Crippen molar-refractivity contribution < 1.29 is 0 Å². The third-order valence-corrected chi connectivity index (χ3v) is 3.21. The molecule has 1 heterocycles. The van der Waals surface area contributed by atoms with Crippen LogP contribution in [0.2, 0.25) is 0 Å². The van der Waals surface area contributed by atoms with Gasteiger partial charge in [-0.3, -0.25) is 0 Å². The summed E-state index contributed by atoms with van der Waals surface area (Å²) >= 11 is 0. The van der Waals surface area contributed by atoms with Crippen molar-refractivity contribution in [1.82, 2.24) is 9.78 Å². The summed E-state index contributed by atoms with van der Waals surface area (Å²) in [5, 5.41) is 4.51. The summed E-state index contributed by atoms with van der Waals surface area (Å²) < 4.78 is 2.01. The lowest BCUT2D eigenvalue weighted by atomic mass is 10.2. The molecule has 0 fully saturated rings. The Labute approximate surface area is 114 Å². The summed E-state index contributed by atoms with van der Waals surface area (Å²) in [6, 6.07) is 10.4. The summed E-state index contributed by atoms with van der Waals surface area (Å²) in [7, 11) is 2.06. The minimum Gasteiger partial charge on any atom is -0.394 e. The van der Waals surface area contributed by atoms with Gasteiger partial charge < -0.3 is 10.6 Å². The van der Waals surface area contributed by atoms with Gasteiger partial charge in [0, 0.05) is 20.1 Å². The standard InChI is InChI=1S/C15H22N4/c1-4-10-19-15(14(16)12(2)17-19)18(3)11-13-8-6-5-7-9-13/h5-9H,4,10-11,16H2,1-3H3. The second-order valence-corrected chi connectivity index (χ2v) is 4.89. The molecule has 2 rings (SSSR count). The molecule has 0 aliphatic rings. The topological polar surface area (TPSA) is 47.1 Å². The maximum absolute atomic E-state index is 6.16. The highest BCUT2D eigenvalue weighted by molar-refractivity contribution is 5.66. The van der Waals surface area contributed by atoms with Crippen molar-refractivity contribution in [3.63, 3.8) is 0 Å². The molecular formula is C15H22N4. The normalized spacial score (nSPS) is 10.7. The van der Waals surface area contributed by atoms with E-state index in [9.17, 15) is 0 Å². The molecule has 0 atom stereocenters. The zero-order valence-corrected chi connectivity index (χ0v) is 11.9. The second kappa shape index (κ2) is 5.78. The maximum Gasteiger partial charge on any atom is 0.150 e. The minimum atomic E-state index is 0.784.